The molecule has 0 spiro atoms. The zero-order valence-corrected chi connectivity index (χ0v) is 6.93. The van der Waals surface area contributed by atoms with Crippen LogP contribution in [0.5, 0.6) is 0 Å². The molecule has 0 aromatic heterocycles. The Hall–Kier alpha value is -0.790. The Balaban J connectivity index is 2.18. The minimum Gasteiger partial charge on any atom is -0.348 e. The van der Waals surface area contributed by atoms with Gasteiger partial charge in [-0.25, -0.2) is 0 Å². The minimum atomic E-state index is 0.701. The topological polar surface area (TPSA) is 24.4 Å². The number of hydrogen-bond acceptors (Lipinski definition) is 2. The molecule has 1 N–H and O–H groups in total. The summed E-state index contributed by atoms with van der Waals surface area (Å²) in [5.41, 5.74) is 1.27. The fourth-order valence-electron chi connectivity index (χ4n) is 1.75. The average Bonchev–Trinajstić information content (AvgIpc) is 2.04. The van der Waals surface area contributed by atoms with Gasteiger partial charge in [0.1, 0.15) is 5.84 Å². The zero-order chi connectivity index (χ0) is 7.68. The fraction of sp³-hybridized carbons (Fsp3) is 0.667. The van der Waals surface area contributed by atoms with Crippen LogP contribution in [0.3, 0.4) is 0 Å². The summed E-state index contributed by atoms with van der Waals surface area (Å²) in [7, 11) is 0. The molecule has 1 unspecified atom stereocenters. The van der Waals surface area contributed by atoms with Gasteiger partial charge in [0.25, 0.3) is 0 Å². The lowest BCUT2D eigenvalue weighted by Gasteiger charge is -2.27. The van der Waals surface area contributed by atoms with Crippen molar-refractivity contribution >= 4 is 5.84 Å². The number of nitrogens with zero attached hydrogens (tertiary/aromatic N) is 1. The maximum Gasteiger partial charge on any atom is 0.104 e. The fourth-order valence-corrected chi connectivity index (χ4v) is 1.75. The molecule has 0 bridgehead atoms. The van der Waals surface area contributed by atoms with Gasteiger partial charge in [0, 0.05) is 18.2 Å². The van der Waals surface area contributed by atoms with E-state index in [4.69, 9.17) is 0 Å². The first-order valence-electron chi connectivity index (χ1n) is 4.34. The van der Waals surface area contributed by atoms with Crippen LogP contribution in [-0.4, -0.2) is 12.4 Å². The zero-order valence-electron chi connectivity index (χ0n) is 6.93. The van der Waals surface area contributed by atoms with Crippen LogP contribution in [0.4, 0.5) is 0 Å². The summed E-state index contributed by atoms with van der Waals surface area (Å²) in [6.45, 7) is 3.12. The number of fused-ring (bicyclic) bond motifs is 1. The third-order valence-electron chi connectivity index (χ3n) is 2.41. The molecule has 11 heavy (non-hydrogen) atoms. The van der Waals surface area contributed by atoms with Crippen molar-refractivity contribution in [3.05, 3.63) is 11.8 Å². The Labute approximate surface area is 67.4 Å². The highest BCUT2D eigenvalue weighted by atomic mass is 15.0. The van der Waals surface area contributed by atoms with E-state index in [0.29, 0.717) is 5.92 Å². The lowest BCUT2D eigenvalue weighted by molar-refractivity contribution is 0.546. The molecule has 2 heteroatoms. The summed E-state index contributed by atoms with van der Waals surface area (Å²) in [6.07, 6.45) is 6.05. The molecule has 2 rings (SSSR count). The highest BCUT2D eigenvalue weighted by Crippen LogP contribution is 2.21. The lowest BCUT2D eigenvalue weighted by Crippen LogP contribution is -2.35. The van der Waals surface area contributed by atoms with Crippen LogP contribution in [0.1, 0.15) is 26.2 Å². The van der Waals surface area contributed by atoms with Crippen molar-refractivity contribution in [2.24, 2.45) is 10.9 Å². The number of rotatable bonds is 0. The molecule has 1 atom stereocenters. The molecule has 2 aliphatic heterocycles. The van der Waals surface area contributed by atoms with Gasteiger partial charge in [0.15, 0.2) is 0 Å². The van der Waals surface area contributed by atoms with Crippen molar-refractivity contribution in [3.63, 3.8) is 0 Å². The van der Waals surface area contributed by atoms with Crippen LogP contribution in [-0.2, 0) is 0 Å². The molecule has 2 heterocycles. The number of allylic oxidation sites excluding steroid dienone is 2. The van der Waals surface area contributed by atoms with Crippen molar-refractivity contribution in [2.45, 2.75) is 26.2 Å². The standard InChI is InChI=1S/C9H14N2/c1-7-4-5-8-3-2-6-10-9(8)11-7/h4,8H,2-3,5-6H2,1H3,(H,10,11). The van der Waals surface area contributed by atoms with E-state index in [9.17, 15) is 0 Å². The van der Waals surface area contributed by atoms with Gasteiger partial charge >= 0.3 is 0 Å². The smallest absolute Gasteiger partial charge is 0.104 e. The average molecular weight is 150 g/mol. The predicted octanol–water partition coefficient (Wildman–Crippen LogP) is 1.69. The molecule has 0 amide bonds. The Morgan fingerprint density at radius 3 is 3.45 bits per heavy atom. The lowest BCUT2D eigenvalue weighted by atomic mass is 9.93. The van der Waals surface area contributed by atoms with E-state index in [1.807, 2.05) is 0 Å². The molecule has 0 radical (unpaired) electrons. The quantitative estimate of drug-likeness (QED) is 0.558. The summed E-state index contributed by atoms with van der Waals surface area (Å²) in [5.74, 6) is 1.93. The molecule has 0 aromatic carbocycles. The van der Waals surface area contributed by atoms with Crippen LogP contribution < -0.4 is 5.32 Å². The van der Waals surface area contributed by atoms with Crippen LogP contribution in [0, 0.1) is 5.92 Å². The Morgan fingerprint density at radius 1 is 1.64 bits per heavy atom. The first-order chi connectivity index (χ1) is 5.36. The molecular formula is C9H14N2. The van der Waals surface area contributed by atoms with Crippen LogP contribution >= 0.6 is 0 Å². The first-order valence-corrected chi connectivity index (χ1v) is 4.34. The van der Waals surface area contributed by atoms with Crippen LogP contribution in [0.15, 0.2) is 16.8 Å². The van der Waals surface area contributed by atoms with Gasteiger partial charge in [-0.05, 0) is 26.2 Å². The number of hydrogen-bond donors (Lipinski definition) is 1. The maximum absolute atomic E-state index is 4.47. The number of nitrogens with one attached hydrogen (secondary N) is 1. The van der Waals surface area contributed by atoms with Gasteiger partial charge < -0.3 is 5.32 Å². The van der Waals surface area contributed by atoms with Crippen molar-refractivity contribution in [3.8, 4) is 0 Å². The molecule has 0 aromatic rings. The van der Waals surface area contributed by atoms with Gasteiger partial charge in [-0.15, -0.1) is 0 Å². The van der Waals surface area contributed by atoms with E-state index >= 15 is 0 Å². The van der Waals surface area contributed by atoms with E-state index in [1.54, 1.807) is 0 Å². The van der Waals surface area contributed by atoms with Crippen molar-refractivity contribution in [1.82, 2.24) is 5.32 Å². The van der Waals surface area contributed by atoms with Crippen LogP contribution in [0.2, 0.25) is 0 Å². The molecule has 2 nitrogen and oxygen atoms in total. The van der Waals surface area contributed by atoms with Crippen molar-refractivity contribution in [2.75, 3.05) is 6.54 Å². The van der Waals surface area contributed by atoms with Gasteiger partial charge in [-0.1, -0.05) is 6.08 Å². The second-order valence-electron chi connectivity index (χ2n) is 3.35. The molecule has 2 aliphatic rings. The van der Waals surface area contributed by atoms with Gasteiger partial charge in [-0.2, -0.15) is 0 Å². The van der Waals surface area contributed by atoms with E-state index in [-0.39, 0.29) is 0 Å². The van der Waals surface area contributed by atoms with Gasteiger partial charge in [0.2, 0.25) is 0 Å². The molecule has 0 aliphatic carbocycles. The summed E-state index contributed by atoms with van der Waals surface area (Å²) >= 11 is 0. The number of amidine groups is 1. The molecular weight excluding hydrogens is 136 g/mol. The Morgan fingerprint density at radius 2 is 2.55 bits per heavy atom. The second-order valence-corrected chi connectivity index (χ2v) is 3.35. The molecule has 0 saturated carbocycles. The predicted molar refractivity (Wildman–Crippen MR) is 46.5 cm³/mol. The van der Waals surface area contributed by atoms with Gasteiger partial charge in [-0.3, -0.25) is 4.99 Å². The second kappa shape index (κ2) is 2.68. The third kappa shape index (κ3) is 1.30. The van der Waals surface area contributed by atoms with Crippen LogP contribution in [0.25, 0.3) is 0 Å². The highest BCUT2D eigenvalue weighted by molar-refractivity contribution is 5.87. The molecule has 0 saturated heterocycles. The normalized spacial score (nSPS) is 29.7. The minimum absolute atomic E-state index is 0.701. The van der Waals surface area contributed by atoms with E-state index < -0.39 is 0 Å². The van der Waals surface area contributed by atoms with Crippen molar-refractivity contribution < 1.29 is 0 Å². The summed E-state index contributed by atoms with van der Waals surface area (Å²) < 4.78 is 0. The monoisotopic (exact) mass is 150 g/mol. The molecule has 60 valence electrons. The highest BCUT2D eigenvalue weighted by Gasteiger charge is 2.21. The summed E-state index contributed by atoms with van der Waals surface area (Å²) in [4.78, 5) is 4.47. The van der Waals surface area contributed by atoms with E-state index in [0.717, 1.165) is 6.54 Å². The third-order valence-corrected chi connectivity index (χ3v) is 2.41. The molecule has 0 fully saturated rings. The van der Waals surface area contributed by atoms with E-state index in [2.05, 4.69) is 23.3 Å². The van der Waals surface area contributed by atoms with E-state index in [1.165, 1.54) is 30.8 Å². The Kier molecular flexibility index (Phi) is 1.68. The SMILES string of the molecule is CC1=CCC2CCCN=C2N1. The number of aliphatic imine (C=N–C) groups is 1. The maximum atomic E-state index is 4.47. The Bertz CT molecular complexity index is 216. The summed E-state index contributed by atoms with van der Waals surface area (Å²) in [5, 5.41) is 3.33. The largest absolute Gasteiger partial charge is 0.348 e. The first kappa shape index (κ1) is 6.89. The van der Waals surface area contributed by atoms with Gasteiger partial charge in [0.05, 0.1) is 0 Å². The van der Waals surface area contributed by atoms with Crippen molar-refractivity contribution in [1.29, 1.82) is 0 Å². The summed E-state index contributed by atoms with van der Waals surface area (Å²) in [6, 6.07) is 0.